The van der Waals surface area contributed by atoms with Crippen molar-refractivity contribution >= 4 is 27.5 Å². The lowest BCUT2D eigenvalue weighted by Crippen LogP contribution is -2.44. The molecule has 2 aliphatic heterocycles. The number of anilines is 1. The van der Waals surface area contributed by atoms with E-state index in [2.05, 4.69) is 72.1 Å². The van der Waals surface area contributed by atoms with E-state index in [0.717, 1.165) is 71.7 Å². The van der Waals surface area contributed by atoms with E-state index in [1.54, 1.807) is 0 Å². The Bertz CT molecular complexity index is 1570. The van der Waals surface area contributed by atoms with Crippen LogP contribution in [0.15, 0.2) is 55.1 Å². The Morgan fingerprint density at radius 1 is 0.763 bits per heavy atom. The number of piperidine rings is 1. The summed E-state index contributed by atoms with van der Waals surface area (Å²) in [6.07, 6.45) is 11.8. The second-order valence-corrected chi connectivity index (χ2v) is 10.8. The quantitative estimate of drug-likeness (QED) is 0.353. The van der Waals surface area contributed by atoms with E-state index < -0.39 is 0 Å². The van der Waals surface area contributed by atoms with Gasteiger partial charge in [0, 0.05) is 61.5 Å². The summed E-state index contributed by atoms with van der Waals surface area (Å²) in [6.45, 7) is 7.49. The second kappa shape index (κ2) is 9.85. The fourth-order valence-electron chi connectivity index (χ4n) is 5.97. The largest absolute Gasteiger partial charge is 0.367 e. The Balaban J connectivity index is 1.22. The Labute approximate surface area is 222 Å². The summed E-state index contributed by atoms with van der Waals surface area (Å²) in [7, 11) is 2.18. The van der Waals surface area contributed by atoms with Gasteiger partial charge in [-0.3, -0.25) is 20.0 Å². The zero-order valence-electron chi connectivity index (χ0n) is 22.0. The first-order chi connectivity index (χ1) is 18.7. The predicted molar refractivity (Wildman–Crippen MR) is 153 cm³/mol. The Hall–Kier alpha value is -3.75. The van der Waals surface area contributed by atoms with Crippen LogP contribution in [-0.2, 0) is 6.54 Å². The van der Waals surface area contributed by atoms with Crippen molar-refractivity contribution in [3.63, 3.8) is 0 Å². The van der Waals surface area contributed by atoms with E-state index >= 15 is 0 Å². The molecule has 0 saturated carbocycles. The fraction of sp³-hybridized carbons (Fsp3) is 0.367. The number of aromatic amines is 2. The molecule has 5 aromatic rings. The zero-order valence-corrected chi connectivity index (χ0v) is 22.0. The predicted octanol–water partition coefficient (Wildman–Crippen LogP) is 4.91. The third-order valence-electron chi connectivity index (χ3n) is 8.17. The van der Waals surface area contributed by atoms with Gasteiger partial charge in [0.25, 0.3) is 0 Å². The molecule has 8 heteroatoms. The lowest BCUT2D eigenvalue weighted by atomic mass is 10.0. The van der Waals surface area contributed by atoms with E-state index in [1.165, 1.54) is 49.0 Å². The first kappa shape index (κ1) is 23.4. The number of likely N-dealkylation sites (tertiary alicyclic amines) is 1. The van der Waals surface area contributed by atoms with E-state index in [-0.39, 0.29) is 0 Å². The van der Waals surface area contributed by atoms with Crippen LogP contribution < -0.4 is 4.90 Å². The van der Waals surface area contributed by atoms with Crippen molar-refractivity contribution in [2.24, 2.45) is 0 Å². The smallest absolute Gasteiger partial charge is 0.116 e. The molecule has 194 valence electrons. The van der Waals surface area contributed by atoms with Crippen LogP contribution in [0.4, 0.5) is 5.69 Å². The number of piperazine rings is 1. The highest BCUT2D eigenvalue weighted by atomic mass is 15.3. The molecular formula is C30H34N8. The highest BCUT2D eigenvalue weighted by Crippen LogP contribution is 2.34. The van der Waals surface area contributed by atoms with Gasteiger partial charge >= 0.3 is 0 Å². The Kier molecular flexibility index (Phi) is 6.06. The van der Waals surface area contributed by atoms with Crippen LogP contribution in [0.2, 0.25) is 0 Å². The number of nitrogens with zero attached hydrogens (tertiary/aromatic N) is 6. The summed E-state index contributed by atoms with van der Waals surface area (Å²) in [6, 6.07) is 11.0. The molecule has 0 aliphatic carbocycles. The third-order valence-corrected chi connectivity index (χ3v) is 8.17. The minimum Gasteiger partial charge on any atom is -0.367 e. The first-order valence-corrected chi connectivity index (χ1v) is 13.8. The molecule has 7 rings (SSSR count). The maximum atomic E-state index is 4.72. The van der Waals surface area contributed by atoms with Gasteiger partial charge in [-0.25, -0.2) is 0 Å². The topological polar surface area (TPSA) is 80.0 Å². The van der Waals surface area contributed by atoms with Crippen LogP contribution in [0.5, 0.6) is 0 Å². The number of nitrogens with one attached hydrogen (secondary N) is 2. The molecule has 0 amide bonds. The summed E-state index contributed by atoms with van der Waals surface area (Å²) in [5.41, 5.74) is 8.77. The summed E-state index contributed by atoms with van der Waals surface area (Å²) < 4.78 is 0. The van der Waals surface area contributed by atoms with Crippen LogP contribution in [0.3, 0.4) is 0 Å². The zero-order chi connectivity index (χ0) is 25.5. The van der Waals surface area contributed by atoms with Crippen molar-refractivity contribution in [1.29, 1.82) is 0 Å². The van der Waals surface area contributed by atoms with Crippen LogP contribution in [0.25, 0.3) is 44.3 Å². The fourth-order valence-corrected chi connectivity index (χ4v) is 5.97. The molecule has 4 aromatic heterocycles. The SMILES string of the molecule is CN1CCN(c2cncc3[nH]c(-c4n[nH]c5ccc(-c6cncc(CN7CCCCC7)c6)cc45)cc23)CC1. The van der Waals surface area contributed by atoms with Gasteiger partial charge in [-0.15, -0.1) is 0 Å². The van der Waals surface area contributed by atoms with Crippen molar-refractivity contribution in [2.45, 2.75) is 25.8 Å². The van der Waals surface area contributed by atoms with Gasteiger partial charge in [0.05, 0.1) is 34.8 Å². The van der Waals surface area contributed by atoms with Gasteiger partial charge < -0.3 is 14.8 Å². The molecule has 0 bridgehead atoms. The molecule has 2 saturated heterocycles. The van der Waals surface area contributed by atoms with Crippen molar-refractivity contribution in [1.82, 2.24) is 34.9 Å². The summed E-state index contributed by atoms with van der Waals surface area (Å²) in [4.78, 5) is 20.1. The van der Waals surface area contributed by atoms with Gasteiger partial charge in [-0.05, 0) is 68.4 Å². The number of H-pyrrole nitrogens is 2. The average Bonchev–Trinajstić information content (AvgIpc) is 3.58. The van der Waals surface area contributed by atoms with E-state index in [9.17, 15) is 0 Å². The average molecular weight is 507 g/mol. The molecule has 0 unspecified atom stereocenters. The number of likely N-dealkylation sites (N-methyl/N-ethyl adjacent to an activating group) is 1. The van der Waals surface area contributed by atoms with Gasteiger partial charge in [0.1, 0.15) is 5.69 Å². The molecule has 38 heavy (non-hydrogen) atoms. The van der Waals surface area contributed by atoms with Crippen LogP contribution >= 0.6 is 0 Å². The van der Waals surface area contributed by atoms with E-state index in [4.69, 9.17) is 5.10 Å². The number of pyridine rings is 2. The molecule has 2 fully saturated rings. The summed E-state index contributed by atoms with van der Waals surface area (Å²) in [5.74, 6) is 0. The van der Waals surface area contributed by atoms with Crippen molar-refractivity contribution in [3.8, 4) is 22.5 Å². The van der Waals surface area contributed by atoms with Crippen molar-refractivity contribution < 1.29 is 0 Å². The highest BCUT2D eigenvalue weighted by Gasteiger charge is 2.19. The van der Waals surface area contributed by atoms with E-state index in [1.807, 2.05) is 24.8 Å². The van der Waals surface area contributed by atoms with Gasteiger partial charge in [0.2, 0.25) is 0 Å². The normalized spacial score (nSPS) is 17.6. The van der Waals surface area contributed by atoms with Crippen LogP contribution in [0, 0.1) is 0 Å². The number of aromatic nitrogens is 5. The molecule has 2 N–H and O–H groups in total. The standard InChI is InChI=1S/C30H34N8/c1-36-9-11-38(12-10-36)29-19-32-18-28-24(29)15-27(33-28)30-25-14-22(5-6-26(25)34-35-30)23-13-21(16-31-17-23)20-37-7-3-2-4-8-37/h5-6,13-19,33H,2-4,7-12,20H2,1H3,(H,34,35). The molecule has 6 heterocycles. The van der Waals surface area contributed by atoms with Gasteiger partial charge in [-0.2, -0.15) is 5.10 Å². The molecular weight excluding hydrogens is 472 g/mol. The molecule has 1 aromatic carbocycles. The number of hydrogen-bond acceptors (Lipinski definition) is 6. The number of benzene rings is 1. The Morgan fingerprint density at radius 3 is 2.47 bits per heavy atom. The maximum absolute atomic E-state index is 4.72. The number of fused-ring (bicyclic) bond motifs is 2. The lowest BCUT2D eigenvalue weighted by molar-refractivity contribution is 0.220. The maximum Gasteiger partial charge on any atom is 0.116 e. The van der Waals surface area contributed by atoms with Crippen molar-refractivity contribution in [3.05, 3.63) is 60.7 Å². The van der Waals surface area contributed by atoms with E-state index in [0.29, 0.717) is 0 Å². The number of hydrogen-bond donors (Lipinski definition) is 2. The monoisotopic (exact) mass is 506 g/mol. The minimum atomic E-state index is 0.930. The van der Waals surface area contributed by atoms with Crippen molar-refractivity contribution in [2.75, 3.05) is 51.2 Å². The molecule has 8 nitrogen and oxygen atoms in total. The summed E-state index contributed by atoms with van der Waals surface area (Å²) in [5, 5.41) is 10.3. The van der Waals surface area contributed by atoms with Gasteiger partial charge in [0.15, 0.2) is 0 Å². The number of rotatable bonds is 5. The molecule has 0 atom stereocenters. The van der Waals surface area contributed by atoms with Crippen LogP contribution in [-0.4, -0.2) is 81.3 Å². The second-order valence-electron chi connectivity index (χ2n) is 10.8. The minimum absolute atomic E-state index is 0.930. The summed E-state index contributed by atoms with van der Waals surface area (Å²) >= 11 is 0. The highest BCUT2D eigenvalue weighted by molar-refractivity contribution is 6.00. The third kappa shape index (κ3) is 4.44. The lowest BCUT2D eigenvalue weighted by Gasteiger charge is -2.34. The van der Waals surface area contributed by atoms with Crippen LogP contribution in [0.1, 0.15) is 24.8 Å². The first-order valence-electron chi connectivity index (χ1n) is 13.8. The molecule has 0 radical (unpaired) electrons. The molecule has 2 aliphatic rings. The molecule has 0 spiro atoms. The Morgan fingerprint density at radius 2 is 1.61 bits per heavy atom. The van der Waals surface area contributed by atoms with Gasteiger partial charge in [-0.1, -0.05) is 12.5 Å².